The third-order valence-electron chi connectivity index (χ3n) is 4.55. The number of aliphatic hydroxyl groups excluding tert-OH is 2. The lowest BCUT2D eigenvalue weighted by Crippen LogP contribution is -2.48. The molecule has 2 aromatic heterocycles. The van der Waals surface area contributed by atoms with Crippen LogP contribution in [0.4, 0.5) is 5.82 Å². The molecule has 1 saturated heterocycles. The van der Waals surface area contributed by atoms with Crippen molar-refractivity contribution >= 4 is 22.9 Å². The monoisotopic (exact) mass is 370 g/mol. The number of carbonyl (C=O) groups excluding carboxylic acids is 1. The van der Waals surface area contributed by atoms with E-state index in [2.05, 4.69) is 20.3 Å². The number of aliphatic hydroxyl groups is 2. The molecule has 5 N–H and O–H groups in total. The van der Waals surface area contributed by atoms with E-state index in [-0.39, 0.29) is 18.3 Å². The number of hydrogen-bond acceptors (Lipinski definition) is 8. The standard InChI is InChI=1S/C17H18N6O4/c18-14-12-15(20-7-19-14)23(8-21-12)17-13(25)11(10(6-24)27-17)22-16(26)9-4-2-1-3-5-9/h1-5,7-8,10-11,13,17,24-25H,6H2,(H,22,26)(H2,18,19,20)/t10-,11?,13?,17-/m1/s1. The van der Waals surface area contributed by atoms with E-state index < -0.39 is 24.5 Å². The first-order valence-electron chi connectivity index (χ1n) is 8.33. The van der Waals surface area contributed by atoms with Crippen LogP contribution in [0, 0.1) is 0 Å². The topological polar surface area (TPSA) is 148 Å². The molecule has 1 aliphatic heterocycles. The lowest BCUT2D eigenvalue weighted by Gasteiger charge is -2.20. The van der Waals surface area contributed by atoms with Gasteiger partial charge in [0.15, 0.2) is 17.7 Å². The molecule has 1 amide bonds. The highest BCUT2D eigenvalue weighted by molar-refractivity contribution is 5.94. The second-order valence-electron chi connectivity index (χ2n) is 6.19. The highest BCUT2D eigenvalue weighted by atomic mass is 16.5. The summed E-state index contributed by atoms with van der Waals surface area (Å²) in [5.41, 5.74) is 7.00. The van der Waals surface area contributed by atoms with Gasteiger partial charge >= 0.3 is 0 Å². The van der Waals surface area contributed by atoms with Crippen molar-refractivity contribution in [1.82, 2.24) is 24.8 Å². The van der Waals surface area contributed by atoms with E-state index in [0.717, 1.165) is 0 Å². The molecule has 3 aromatic rings. The molecular formula is C17H18N6O4. The SMILES string of the molecule is Nc1ncnc2c1ncn2[C@@H]1O[C@H](CO)C(NC(=O)c2ccccc2)C1O. The zero-order valence-corrected chi connectivity index (χ0v) is 14.1. The molecule has 0 aliphatic carbocycles. The minimum atomic E-state index is -1.14. The van der Waals surface area contributed by atoms with Crippen LogP contribution in [0.5, 0.6) is 0 Å². The quantitative estimate of drug-likeness (QED) is 0.478. The molecule has 10 heteroatoms. The Labute approximate surface area is 153 Å². The lowest BCUT2D eigenvalue weighted by molar-refractivity contribution is -0.0489. The highest BCUT2D eigenvalue weighted by Crippen LogP contribution is 2.32. The van der Waals surface area contributed by atoms with E-state index in [4.69, 9.17) is 10.5 Å². The molecule has 140 valence electrons. The largest absolute Gasteiger partial charge is 0.394 e. The minimum absolute atomic E-state index is 0.207. The van der Waals surface area contributed by atoms with E-state index in [1.165, 1.54) is 17.2 Å². The first kappa shape index (κ1) is 17.3. The maximum absolute atomic E-state index is 12.4. The second-order valence-corrected chi connectivity index (χ2v) is 6.19. The summed E-state index contributed by atoms with van der Waals surface area (Å²) in [6.45, 7) is -0.378. The second kappa shape index (κ2) is 6.91. The third kappa shape index (κ3) is 2.99. The summed E-state index contributed by atoms with van der Waals surface area (Å²) in [7, 11) is 0. The van der Waals surface area contributed by atoms with Crippen molar-refractivity contribution in [2.24, 2.45) is 0 Å². The van der Waals surface area contributed by atoms with E-state index in [1.54, 1.807) is 30.3 Å². The number of fused-ring (bicyclic) bond motifs is 1. The van der Waals surface area contributed by atoms with E-state index >= 15 is 0 Å². The first-order chi connectivity index (χ1) is 13.1. The first-order valence-corrected chi connectivity index (χ1v) is 8.33. The highest BCUT2D eigenvalue weighted by Gasteiger charge is 2.45. The van der Waals surface area contributed by atoms with Gasteiger partial charge in [0.1, 0.15) is 24.1 Å². The van der Waals surface area contributed by atoms with Gasteiger partial charge in [0.25, 0.3) is 5.91 Å². The van der Waals surface area contributed by atoms with Crippen LogP contribution in [-0.2, 0) is 4.74 Å². The van der Waals surface area contributed by atoms with Crippen molar-refractivity contribution in [3.63, 3.8) is 0 Å². The normalized spacial score (nSPS) is 25.0. The van der Waals surface area contributed by atoms with Crippen LogP contribution in [0.2, 0.25) is 0 Å². The molecule has 0 spiro atoms. The molecule has 3 heterocycles. The Hall–Kier alpha value is -3.08. The van der Waals surface area contributed by atoms with Crippen molar-refractivity contribution in [2.75, 3.05) is 12.3 Å². The van der Waals surface area contributed by atoms with Gasteiger partial charge in [-0.25, -0.2) is 15.0 Å². The van der Waals surface area contributed by atoms with Gasteiger partial charge in [0.05, 0.1) is 19.0 Å². The third-order valence-corrected chi connectivity index (χ3v) is 4.55. The van der Waals surface area contributed by atoms with Gasteiger partial charge < -0.3 is 26.0 Å². The van der Waals surface area contributed by atoms with Gasteiger partial charge in [-0.15, -0.1) is 0 Å². The van der Waals surface area contributed by atoms with Crippen LogP contribution in [0.15, 0.2) is 43.0 Å². The number of nitrogen functional groups attached to an aromatic ring is 1. The van der Waals surface area contributed by atoms with Gasteiger partial charge in [-0.3, -0.25) is 9.36 Å². The molecule has 1 fully saturated rings. The van der Waals surface area contributed by atoms with Crippen molar-refractivity contribution in [2.45, 2.75) is 24.5 Å². The van der Waals surface area contributed by atoms with Gasteiger partial charge in [-0.05, 0) is 12.1 Å². The van der Waals surface area contributed by atoms with E-state index in [1.807, 2.05) is 0 Å². The molecule has 0 bridgehead atoms. The van der Waals surface area contributed by atoms with Crippen LogP contribution in [0.25, 0.3) is 11.2 Å². The number of imidazole rings is 1. The fraction of sp³-hybridized carbons (Fsp3) is 0.294. The van der Waals surface area contributed by atoms with Gasteiger partial charge in [-0.1, -0.05) is 18.2 Å². The molecule has 1 aromatic carbocycles. The summed E-state index contributed by atoms with van der Waals surface area (Å²) in [6, 6.07) is 7.78. The lowest BCUT2D eigenvalue weighted by atomic mass is 10.1. The Kier molecular flexibility index (Phi) is 4.44. The maximum atomic E-state index is 12.4. The zero-order valence-electron chi connectivity index (χ0n) is 14.1. The number of hydrogen-bond donors (Lipinski definition) is 4. The van der Waals surface area contributed by atoms with Crippen molar-refractivity contribution in [3.05, 3.63) is 48.5 Å². The van der Waals surface area contributed by atoms with E-state index in [0.29, 0.717) is 16.7 Å². The zero-order chi connectivity index (χ0) is 19.0. The summed E-state index contributed by atoms with van der Waals surface area (Å²) in [4.78, 5) is 24.6. The Morgan fingerprint density at radius 3 is 2.78 bits per heavy atom. The predicted molar refractivity (Wildman–Crippen MR) is 94.4 cm³/mol. The molecule has 0 radical (unpaired) electrons. The van der Waals surface area contributed by atoms with Crippen molar-refractivity contribution in [1.29, 1.82) is 0 Å². The minimum Gasteiger partial charge on any atom is -0.394 e. The summed E-state index contributed by atoms with van der Waals surface area (Å²) in [5.74, 6) is -0.164. The van der Waals surface area contributed by atoms with Crippen molar-refractivity contribution in [3.8, 4) is 0 Å². The Bertz CT molecular complexity index is 962. The number of nitrogens with zero attached hydrogens (tertiary/aromatic N) is 4. The summed E-state index contributed by atoms with van der Waals surface area (Å²) in [5, 5.41) is 23.2. The predicted octanol–water partition coefficient (Wildman–Crippen LogP) is -0.542. The number of nitrogens with two attached hydrogens (primary N) is 1. The molecule has 4 atom stereocenters. The van der Waals surface area contributed by atoms with Gasteiger partial charge in [-0.2, -0.15) is 0 Å². The average molecular weight is 370 g/mol. The molecule has 10 nitrogen and oxygen atoms in total. The number of benzene rings is 1. The van der Waals surface area contributed by atoms with Crippen LogP contribution in [0.1, 0.15) is 16.6 Å². The number of amides is 1. The summed E-state index contributed by atoms with van der Waals surface area (Å²) in [6.07, 6.45) is -0.116. The smallest absolute Gasteiger partial charge is 0.251 e. The van der Waals surface area contributed by atoms with Crippen molar-refractivity contribution < 1.29 is 19.7 Å². The fourth-order valence-corrected chi connectivity index (χ4v) is 3.19. The Morgan fingerprint density at radius 1 is 1.26 bits per heavy atom. The fourth-order valence-electron chi connectivity index (χ4n) is 3.19. The number of nitrogens with one attached hydrogen (secondary N) is 1. The molecular weight excluding hydrogens is 352 g/mol. The summed E-state index contributed by atoms with van der Waals surface area (Å²) >= 11 is 0. The number of rotatable bonds is 4. The van der Waals surface area contributed by atoms with Gasteiger partial charge in [0, 0.05) is 5.56 Å². The Morgan fingerprint density at radius 2 is 2.04 bits per heavy atom. The number of ether oxygens (including phenoxy) is 1. The van der Waals surface area contributed by atoms with E-state index in [9.17, 15) is 15.0 Å². The molecule has 27 heavy (non-hydrogen) atoms. The number of carbonyl (C=O) groups is 1. The van der Waals surface area contributed by atoms with Crippen LogP contribution in [0.3, 0.4) is 0 Å². The number of anilines is 1. The number of aromatic nitrogens is 4. The van der Waals surface area contributed by atoms with Crippen LogP contribution < -0.4 is 11.1 Å². The van der Waals surface area contributed by atoms with Crippen LogP contribution in [-0.4, -0.2) is 60.5 Å². The Balaban J connectivity index is 1.61. The maximum Gasteiger partial charge on any atom is 0.251 e. The molecule has 1 aliphatic rings. The molecule has 4 rings (SSSR count). The molecule has 2 unspecified atom stereocenters. The van der Waals surface area contributed by atoms with Crippen LogP contribution >= 0.6 is 0 Å². The average Bonchev–Trinajstić information content (AvgIpc) is 3.25. The van der Waals surface area contributed by atoms with Gasteiger partial charge in [0.2, 0.25) is 0 Å². The summed E-state index contributed by atoms with van der Waals surface area (Å²) < 4.78 is 7.28. The molecule has 0 saturated carbocycles.